The maximum Gasteiger partial charge on any atom is 0.116 e. The van der Waals surface area contributed by atoms with Crippen LogP contribution in [0.4, 0.5) is 0 Å². The van der Waals surface area contributed by atoms with Gasteiger partial charge in [0.05, 0.1) is 0 Å². The lowest BCUT2D eigenvalue weighted by atomic mass is 10.1. The van der Waals surface area contributed by atoms with Gasteiger partial charge in [0.1, 0.15) is 5.75 Å². The molecule has 104 valence electrons. The van der Waals surface area contributed by atoms with E-state index in [0.29, 0.717) is 11.7 Å². The lowest BCUT2D eigenvalue weighted by Crippen LogP contribution is -2.13. The summed E-state index contributed by atoms with van der Waals surface area (Å²) in [6, 6.07) is 5.68. The van der Waals surface area contributed by atoms with Crippen LogP contribution < -0.4 is 5.32 Å². The summed E-state index contributed by atoms with van der Waals surface area (Å²) in [6.45, 7) is 11.6. The van der Waals surface area contributed by atoms with Crippen LogP contribution in [0.2, 0.25) is 0 Å². The van der Waals surface area contributed by atoms with Crippen molar-refractivity contribution < 1.29 is 5.11 Å². The van der Waals surface area contributed by atoms with Crippen molar-refractivity contribution in [2.24, 2.45) is 5.92 Å². The van der Waals surface area contributed by atoms with Gasteiger partial charge in [-0.2, -0.15) is 0 Å². The van der Waals surface area contributed by atoms with Crippen molar-refractivity contribution >= 4 is 10.9 Å². The highest BCUT2D eigenvalue weighted by atomic mass is 16.3. The Labute approximate surface area is 115 Å². The lowest BCUT2D eigenvalue weighted by molar-refractivity contribution is 0.476. The Hall–Kier alpha value is -1.48. The fourth-order valence-electron chi connectivity index (χ4n) is 2.61. The van der Waals surface area contributed by atoms with E-state index in [1.807, 2.05) is 12.1 Å². The minimum absolute atomic E-state index is 0.340. The minimum atomic E-state index is 0.340. The summed E-state index contributed by atoms with van der Waals surface area (Å²) in [6.07, 6.45) is 0. The second kappa shape index (κ2) is 5.66. The topological polar surface area (TPSA) is 37.2 Å². The van der Waals surface area contributed by atoms with Gasteiger partial charge in [-0.1, -0.05) is 20.8 Å². The molecule has 0 bridgehead atoms. The highest BCUT2D eigenvalue weighted by Crippen LogP contribution is 2.29. The second-order valence-electron chi connectivity index (χ2n) is 5.55. The summed E-state index contributed by atoms with van der Waals surface area (Å²) in [5.41, 5.74) is 3.82. The first-order chi connectivity index (χ1) is 9.04. The molecule has 2 N–H and O–H groups in total. The zero-order valence-electron chi connectivity index (χ0n) is 12.3. The van der Waals surface area contributed by atoms with E-state index in [0.717, 1.165) is 19.6 Å². The Bertz CT molecular complexity index is 570. The Kier molecular flexibility index (Phi) is 4.15. The van der Waals surface area contributed by atoms with Crippen molar-refractivity contribution in [2.75, 3.05) is 6.54 Å². The summed E-state index contributed by atoms with van der Waals surface area (Å²) < 4.78 is 2.37. The number of aromatic nitrogens is 1. The summed E-state index contributed by atoms with van der Waals surface area (Å²) in [7, 11) is 0. The van der Waals surface area contributed by atoms with Gasteiger partial charge >= 0.3 is 0 Å². The van der Waals surface area contributed by atoms with Crippen LogP contribution in [-0.4, -0.2) is 16.2 Å². The average Bonchev–Trinajstić information content (AvgIpc) is 2.59. The van der Waals surface area contributed by atoms with Gasteiger partial charge < -0.3 is 15.0 Å². The number of nitrogens with zero attached hydrogens (tertiary/aromatic N) is 1. The molecule has 3 heteroatoms. The summed E-state index contributed by atoms with van der Waals surface area (Å²) in [4.78, 5) is 0. The van der Waals surface area contributed by atoms with Crippen molar-refractivity contribution in [3.05, 3.63) is 29.5 Å². The Morgan fingerprint density at radius 2 is 2.05 bits per heavy atom. The van der Waals surface area contributed by atoms with Crippen molar-refractivity contribution in [1.82, 2.24) is 9.88 Å². The highest BCUT2D eigenvalue weighted by Gasteiger charge is 2.14. The van der Waals surface area contributed by atoms with Crippen LogP contribution >= 0.6 is 0 Å². The van der Waals surface area contributed by atoms with E-state index in [9.17, 15) is 5.11 Å². The number of phenols is 1. The van der Waals surface area contributed by atoms with Crippen molar-refractivity contribution in [2.45, 2.75) is 40.8 Å². The minimum Gasteiger partial charge on any atom is -0.508 e. The molecule has 0 aliphatic rings. The van der Waals surface area contributed by atoms with Gasteiger partial charge in [0, 0.05) is 29.7 Å². The van der Waals surface area contributed by atoms with Crippen LogP contribution in [0.3, 0.4) is 0 Å². The van der Waals surface area contributed by atoms with E-state index < -0.39 is 0 Å². The molecule has 0 fully saturated rings. The van der Waals surface area contributed by atoms with Crippen LogP contribution in [0.5, 0.6) is 5.75 Å². The molecule has 2 aromatic rings. The third-order valence-electron chi connectivity index (χ3n) is 3.54. The molecule has 3 nitrogen and oxygen atoms in total. The van der Waals surface area contributed by atoms with E-state index >= 15 is 0 Å². The van der Waals surface area contributed by atoms with Gasteiger partial charge in [0.15, 0.2) is 0 Å². The van der Waals surface area contributed by atoms with Crippen molar-refractivity contribution in [1.29, 1.82) is 0 Å². The van der Waals surface area contributed by atoms with Gasteiger partial charge in [-0.3, -0.25) is 0 Å². The van der Waals surface area contributed by atoms with Gasteiger partial charge in [-0.05, 0) is 43.1 Å². The number of hydrogen-bond acceptors (Lipinski definition) is 2. The molecule has 2 rings (SSSR count). The first kappa shape index (κ1) is 13.9. The smallest absolute Gasteiger partial charge is 0.116 e. The number of phenolic OH excluding ortho intramolecular Hbond substituents is 1. The van der Waals surface area contributed by atoms with Crippen molar-refractivity contribution in [3.8, 4) is 5.75 Å². The monoisotopic (exact) mass is 260 g/mol. The maximum atomic E-state index is 9.73. The number of nitrogens with one attached hydrogen (secondary N) is 1. The number of aromatic hydroxyl groups is 1. The van der Waals surface area contributed by atoms with E-state index in [1.165, 1.54) is 22.2 Å². The van der Waals surface area contributed by atoms with E-state index in [-0.39, 0.29) is 0 Å². The second-order valence-corrected chi connectivity index (χ2v) is 5.55. The molecule has 0 aliphatic carbocycles. The number of rotatable bonds is 5. The van der Waals surface area contributed by atoms with Crippen LogP contribution in [-0.2, 0) is 13.1 Å². The number of benzene rings is 1. The average molecular weight is 260 g/mol. The quantitative estimate of drug-likeness (QED) is 0.864. The van der Waals surface area contributed by atoms with Gasteiger partial charge in [0.2, 0.25) is 0 Å². The first-order valence-electron chi connectivity index (χ1n) is 7.06. The number of hydrogen-bond donors (Lipinski definition) is 2. The predicted octanol–water partition coefficient (Wildman–Crippen LogP) is 3.42. The van der Waals surface area contributed by atoms with Gasteiger partial charge in [-0.25, -0.2) is 0 Å². The Balaban J connectivity index is 2.58. The van der Waals surface area contributed by atoms with Crippen LogP contribution in [0.1, 0.15) is 32.0 Å². The van der Waals surface area contributed by atoms with Gasteiger partial charge in [-0.15, -0.1) is 0 Å². The van der Waals surface area contributed by atoms with Crippen molar-refractivity contribution in [3.63, 3.8) is 0 Å². The molecule has 0 saturated carbocycles. The summed E-state index contributed by atoms with van der Waals surface area (Å²) >= 11 is 0. The van der Waals surface area contributed by atoms with Crippen LogP contribution in [0.25, 0.3) is 10.9 Å². The third-order valence-corrected chi connectivity index (χ3v) is 3.54. The molecule has 0 aliphatic heterocycles. The summed E-state index contributed by atoms with van der Waals surface area (Å²) in [5.74, 6) is 0.946. The molecule has 0 saturated heterocycles. The van der Waals surface area contributed by atoms with Gasteiger partial charge in [0.25, 0.3) is 0 Å². The fourth-order valence-corrected chi connectivity index (χ4v) is 2.61. The summed E-state index contributed by atoms with van der Waals surface area (Å²) in [5, 5.41) is 14.3. The molecule has 1 aromatic carbocycles. The molecule has 0 unspecified atom stereocenters. The highest BCUT2D eigenvalue weighted by molar-refractivity contribution is 5.86. The normalized spacial score (nSPS) is 11.6. The Morgan fingerprint density at radius 3 is 2.68 bits per heavy atom. The molecular formula is C16H24N2O. The molecular weight excluding hydrogens is 236 g/mol. The van der Waals surface area contributed by atoms with Crippen LogP contribution in [0.15, 0.2) is 18.2 Å². The first-order valence-corrected chi connectivity index (χ1v) is 7.06. The maximum absolute atomic E-state index is 9.73. The molecule has 0 spiro atoms. The zero-order chi connectivity index (χ0) is 14.0. The zero-order valence-corrected chi connectivity index (χ0v) is 12.3. The van der Waals surface area contributed by atoms with E-state index in [4.69, 9.17) is 0 Å². The molecule has 1 heterocycles. The Morgan fingerprint density at radius 1 is 1.32 bits per heavy atom. The lowest BCUT2D eigenvalue weighted by Gasteiger charge is -2.11. The number of fused-ring (bicyclic) bond motifs is 1. The molecule has 0 radical (unpaired) electrons. The fraction of sp³-hybridized carbons (Fsp3) is 0.500. The molecule has 0 atom stereocenters. The SMILES string of the molecule is CCNCc1c(C)n(CC(C)C)c2ccc(O)cc12. The van der Waals surface area contributed by atoms with E-state index in [2.05, 4.69) is 37.6 Å². The molecule has 19 heavy (non-hydrogen) atoms. The largest absolute Gasteiger partial charge is 0.508 e. The standard InChI is InChI=1S/C16H24N2O/c1-5-17-9-15-12(4)18(10-11(2)3)16-7-6-13(19)8-14(15)16/h6-8,11,17,19H,5,9-10H2,1-4H3. The molecule has 1 aromatic heterocycles. The third kappa shape index (κ3) is 2.76. The van der Waals surface area contributed by atoms with Crippen LogP contribution in [0, 0.1) is 12.8 Å². The van der Waals surface area contributed by atoms with E-state index in [1.54, 1.807) is 6.07 Å². The predicted molar refractivity (Wildman–Crippen MR) is 80.6 cm³/mol. The molecule has 0 amide bonds.